The highest BCUT2D eigenvalue weighted by molar-refractivity contribution is 7.93. The van der Waals surface area contributed by atoms with Crippen LogP contribution in [0.4, 0.5) is 5.69 Å². The van der Waals surface area contributed by atoms with Crippen molar-refractivity contribution in [3.63, 3.8) is 0 Å². The van der Waals surface area contributed by atoms with Crippen LogP contribution in [0.25, 0.3) is 0 Å². The number of nitrogens with one attached hydrogen (secondary N) is 1. The molecule has 9 heteroatoms. The van der Waals surface area contributed by atoms with Crippen molar-refractivity contribution in [2.75, 3.05) is 29.8 Å². The number of anilines is 1. The van der Waals surface area contributed by atoms with Crippen LogP contribution in [-0.2, 0) is 19.6 Å². The number of carbonyl (C=O) groups is 2. The van der Waals surface area contributed by atoms with Crippen molar-refractivity contribution in [3.8, 4) is 0 Å². The number of ether oxygens (including phenoxy) is 1. The smallest absolute Gasteiger partial charge is 0.331 e. The van der Waals surface area contributed by atoms with Gasteiger partial charge in [0.2, 0.25) is 10.0 Å². The van der Waals surface area contributed by atoms with Gasteiger partial charge in [-0.2, -0.15) is 0 Å². The van der Waals surface area contributed by atoms with E-state index in [1.54, 1.807) is 19.1 Å². The van der Waals surface area contributed by atoms with Crippen LogP contribution in [-0.4, -0.2) is 56.5 Å². The largest absolute Gasteiger partial charge is 0.479 e. The number of carboxylic acids is 1. The minimum Gasteiger partial charge on any atom is -0.479 e. The van der Waals surface area contributed by atoms with Crippen molar-refractivity contribution >= 4 is 27.6 Å². The third-order valence-corrected chi connectivity index (χ3v) is 6.50. The van der Waals surface area contributed by atoms with E-state index in [0.29, 0.717) is 29.8 Å². The number of carboxylic acid groups (broad SMARTS) is 1. The Kier molecular flexibility index (Phi) is 4.46. The van der Waals surface area contributed by atoms with Crippen LogP contribution in [0.1, 0.15) is 28.8 Å². The van der Waals surface area contributed by atoms with Crippen LogP contribution in [0, 0.1) is 6.92 Å². The minimum absolute atomic E-state index is 0.0722. The number of aryl methyl sites for hydroxylation is 1. The molecule has 25 heavy (non-hydrogen) atoms. The molecule has 2 fully saturated rings. The highest BCUT2D eigenvalue weighted by Crippen LogP contribution is 2.27. The van der Waals surface area contributed by atoms with Gasteiger partial charge in [0.25, 0.3) is 5.91 Å². The summed E-state index contributed by atoms with van der Waals surface area (Å²) in [5.74, 6) is -1.52. The van der Waals surface area contributed by atoms with Crippen LogP contribution >= 0.6 is 0 Å². The maximum atomic E-state index is 12.5. The van der Waals surface area contributed by atoms with Crippen molar-refractivity contribution < 1.29 is 27.9 Å². The number of benzene rings is 1. The molecule has 2 aliphatic heterocycles. The van der Waals surface area contributed by atoms with Crippen molar-refractivity contribution in [3.05, 3.63) is 29.3 Å². The molecule has 3 rings (SSSR count). The van der Waals surface area contributed by atoms with Crippen LogP contribution in [0.5, 0.6) is 0 Å². The van der Waals surface area contributed by atoms with Crippen molar-refractivity contribution in [2.24, 2.45) is 0 Å². The monoisotopic (exact) mass is 368 g/mol. The summed E-state index contributed by atoms with van der Waals surface area (Å²) in [5.41, 5.74) is -0.00589. The number of hydrogen-bond donors (Lipinski definition) is 2. The predicted octanol–water partition coefficient (Wildman–Crippen LogP) is 0.508. The molecule has 2 N–H and O–H groups in total. The first kappa shape index (κ1) is 17.7. The molecule has 8 nitrogen and oxygen atoms in total. The van der Waals surface area contributed by atoms with Gasteiger partial charge >= 0.3 is 5.97 Å². The summed E-state index contributed by atoms with van der Waals surface area (Å²) >= 11 is 0. The Bertz CT molecular complexity index is 814. The molecule has 1 atom stereocenters. The van der Waals surface area contributed by atoms with Crippen LogP contribution < -0.4 is 9.62 Å². The molecule has 0 spiro atoms. The lowest BCUT2D eigenvalue weighted by atomic mass is 9.97. The number of amides is 1. The Morgan fingerprint density at radius 1 is 1.36 bits per heavy atom. The summed E-state index contributed by atoms with van der Waals surface area (Å²) in [7, 11) is -3.29. The van der Waals surface area contributed by atoms with Gasteiger partial charge in [0.15, 0.2) is 5.54 Å². The van der Waals surface area contributed by atoms with Crippen LogP contribution in [0.2, 0.25) is 0 Å². The zero-order valence-electron chi connectivity index (χ0n) is 13.8. The Labute approximate surface area is 145 Å². The summed E-state index contributed by atoms with van der Waals surface area (Å²) in [5, 5.41) is 12.0. The van der Waals surface area contributed by atoms with E-state index in [-0.39, 0.29) is 25.4 Å². The summed E-state index contributed by atoms with van der Waals surface area (Å²) < 4.78 is 30.5. The molecule has 2 saturated heterocycles. The van der Waals surface area contributed by atoms with Gasteiger partial charge in [-0.15, -0.1) is 0 Å². The quantitative estimate of drug-likeness (QED) is 0.801. The van der Waals surface area contributed by atoms with Gasteiger partial charge < -0.3 is 15.2 Å². The fourth-order valence-corrected chi connectivity index (χ4v) is 4.71. The molecule has 0 saturated carbocycles. The first-order valence-electron chi connectivity index (χ1n) is 8.00. The molecule has 2 heterocycles. The van der Waals surface area contributed by atoms with Gasteiger partial charge in [-0.3, -0.25) is 9.10 Å². The van der Waals surface area contributed by atoms with E-state index in [9.17, 15) is 23.1 Å². The SMILES string of the molecule is Cc1cc(N2CCCS2(=O)=O)ccc1C(=O)NC1(C(=O)O)CCOC1. The Morgan fingerprint density at radius 3 is 2.64 bits per heavy atom. The lowest BCUT2D eigenvalue weighted by molar-refractivity contribution is -0.144. The molecule has 0 radical (unpaired) electrons. The fraction of sp³-hybridized carbons (Fsp3) is 0.500. The molecular weight excluding hydrogens is 348 g/mol. The topological polar surface area (TPSA) is 113 Å². The number of hydrogen-bond acceptors (Lipinski definition) is 5. The summed E-state index contributed by atoms with van der Waals surface area (Å²) in [4.78, 5) is 24.0. The maximum absolute atomic E-state index is 12.5. The maximum Gasteiger partial charge on any atom is 0.331 e. The molecule has 0 bridgehead atoms. The first-order valence-corrected chi connectivity index (χ1v) is 9.61. The summed E-state index contributed by atoms with van der Waals surface area (Å²) in [6, 6.07) is 4.74. The van der Waals surface area contributed by atoms with E-state index in [1.807, 2.05) is 0 Å². The lowest BCUT2D eigenvalue weighted by Crippen LogP contribution is -2.55. The predicted molar refractivity (Wildman–Crippen MR) is 90.2 cm³/mol. The third kappa shape index (κ3) is 3.21. The summed E-state index contributed by atoms with van der Waals surface area (Å²) in [6.45, 7) is 2.32. The van der Waals surface area contributed by atoms with Crippen molar-refractivity contribution in [2.45, 2.75) is 25.3 Å². The molecule has 1 amide bonds. The minimum atomic E-state index is -3.29. The number of nitrogens with zero attached hydrogens (tertiary/aromatic N) is 1. The normalized spacial score (nSPS) is 25.1. The van der Waals surface area contributed by atoms with E-state index in [4.69, 9.17) is 4.74 Å². The van der Waals surface area contributed by atoms with Gasteiger partial charge in [0.05, 0.1) is 18.0 Å². The van der Waals surface area contributed by atoms with E-state index in [1.165, 1.54) is 10.4 Å². The molecule has 0 aromatic heterocycles. The van der Waals surface area contributed by atoms with Crippen LogP contribution in [0.15, 0.2) is 18.2 Å². The summed E-state index contributed by atoms with van der Waals surface area (Å²) in [6.07, 6.45) is 0.780. The number of sulfonamides is 1. The highest BCUT2D eigenvalue weighted by Gasteiger charge is 2.44. The number of aliphatic carboxylic acids is 1. The molecule has 1 aromatic carbocycles. The first-order chi connectivity index (χ1) is 11.8. The average molecular weight is 368 g/mol. The number of rotatable bonds is 4. The van der Waals surface area contributed by atoms with Gasteiger partial charge in [0.1, 0.15) is 0 Å². The molecule has 2 aliphatic rings. The van der Waals surface area contributed by atoms with E-state index in [0.717, 1.165) is 0 Å². The zero-order valence-corrected chi connectivity index (χ0v) is 14.6. The second-order valence-electron chi connectivity index (χ2n) is 6.38. The average Bonchev–Trinajstić information content (AvgIpc) is 3.14. The molecule has 136 valence electrons. The number of carbonyl (C=O) groups excluding carboxylic acids is 1. The zero-order chi connectivity index (χ0) is 18.2. The Balaban J connectivity index is 1.83. The van der Waals surface area contributed by atoms with E-state index in [2.05, 4.69) is 5.32 Å². The third-order valence-electron chi connectivity index (χ3n) is 4.63. The fourth-order valence-electron chi connectivity index (χ4n) is 3.16. The van der Waals surface area contributed by atoms with Gasteiger partial charge in [-0.05, 0) is 37.1 Å². The Morgan fingerprint density at radius 2 is 2.12 bits per heavy atom. The van der Waals surface area contributed by atoms with Crippen molar-refractivity contribution in [1.29, 1.82) is 0 Å². The van der Waals surface area contributed by atoms with E-state index < -0.39 is 27.4 Å². The van der Waals surface area contributed by atoms with E-state index >= 15 is 0 Å². The van der Waals surface area contributed by atoms with Gasteiger partial charge in [-0.25, -0.2) is 13.2 Å². The Hall–Kier alpha value is -2.13. The molecular formula is C16H20N2O6S. The van der Waals surface area contributed by atoms with Crippen LogP contribution in [0.3, 0.4) is 0 Å². The second kappa shape index (κ2) is 6.30. The highest BCUT2D eigenvalue weighted by atomic mass is 32.2. The van der Waals surface area contributed by atoms with Crippen molar-refractivity contribution in [1.82, 2.24) is 5.32 Å². The van der Waals surface area contributed by atoms with Gasteiger partial charge in [-0.1, -0.05) is 0 Å². The molecule has 1 unspecified atom stereocenters. The lowest BCUT2D eigenvalue weighted by Gasteiger charge is -2.24. The van der Waals surface area contributed by atoms with Gasteiger partial charge in [0, 0.05) is 25.1 Å². The molecule has 0 aliphatic carbocycles. The second-order valence-corrected chi connectivity index (χ2v) is 8.40. The standard InChI is InChI=1S/C16H20N2O6S/c1-11-9-12(18-6-2-8-25(18,22)23)3-4-13(11)14(19)17-16(15(20)21)5-7-24-10-16/h3-4,9H,2,5-8,10H2,1H3,(H,17,19)(H,20,21). The molecule has 1 aromatic rings.